The Morgan fingerprint density at radius 2 is 2.50 bits per heavy atom. The zero-order valence-electron chi connectivity index (χ0n) is 6.37. The maximum Gasteiger partial charge on any atom is 0.106 e. The fraction of sp³-hybridized carbons (Fsp3) is 0.250. The lowest BCUT2D eigenvalue weighted by molar-refractivity contribution is 0.746. The van der Waals surface area contributed by atoms with Crippen molar-refractivity contribution in [2.45, 2.75) is 12.5 Å². The van der Waals surface area contributed by atoms with Crippen LogP contribution in [0.15, 0.2) is 22.9 Å². The van der Waals surface area contributed by atoms with Gasteiger partial charge in [0.1, 0.15) is 4.60 Å². The van der Waals surface area contributed by atoms with Gasteiger partial charge in [0.2, 0.25) is 0 Å². The molecule has 0 radical (unpaired) electrons. The monoisotopic (exact) mass is 225 g/mol. The molecule has 1 aromatic heterocycles. The van der Waals surface area contributed by atoms with Crippen molar-refractivity contribution in [2.75, 3.05) is 0 Å². The number of pyridine rings is 1. The van der Waals surface area contributed by atoms with E-state index in [2.05, 4.69) is 20.9 Å². The van der Waals surface area contributed by atoms with Gasteiger partial charge in [-0.2, -0.15) is 5.26 Å². The van der Waals surface area contributed by atoms with E-state index in [0.29, 0.717) is 6.42 Å². The van der Waals surface area contributed by atoms with Crippen molar-refractivity contribution in [3.8, 4) is 6.07 Å². The Morgan fingerprint density at radius 1 is 1.75 bits per heavy atom. The molecule has 2 N–H and O–H groups in total. The van der Waals surface area contributed by atoms with Crippen LogP contribution in [0.1, 0.15) is 18.0 Å². The van der Waals surface area contributed by atoms with Crippen LogP contribution in [0.4, 0.5) is 0 Å². The summed E-state index contributed by atoms with van der Waals surface area (Å²) in [6.45, 7) is 0. The minimum atomic E-state index is -0.214. The molecule has 4 heteroatoms. The molecule has 0 aliphatic rings. The zero-order valence-corrected chi connectivity index (χ0v) is 7.95. The highest BCUT2D eigenvalue weighted by molar-refractivity contribution is 9.10. The van der Waals surface area contributed by atoms with Crippen LogP contribution in [0, 0.1) is 11.3 Å². The summed E-state index contributed by atoms with van der Waals surface area (Å²) in [4.78, 5) is 3.96. The summed E-state index contributed by atoms with van der Waals surface area (Å²) in [6, 6.07) is 5.44. The van der Waals surface area contributed by atoms with Gasteiger partial charge in [0.15, 0.2) is 0 Å². The SMILES string of the molecule is N#CC[C@H](N)c1ccnc(Br)c1. The molecule has 0 aromatic carbocycles. The van der Waals surface area contributed by atoms with Crippen LogP contribution >= 0.6 is 15.9 Å². The van der Waals surface area contributed by atoms with Gasteiger partial charge in [0.05, 0.1) is 12.5 Å². The molecule has 62 valence electrons. The third-order valence-corrected chi connectivity index (χ3v) is 1.92. The first-order chi connectivity index (χ1) is 5.74. The molecule has 0 aliphatic heterocycles. The number of aromatic nitrogens is 1. The molecule has 0 spiro atoms. The maximum atomic E-state index is 8.41. The summed E-state index contributed by atoms with van der Waals surface area (Å²) in [5.41, 5.74) is 6.63. The Kier molecular flexibility index (Phi) is 3.20. The first-order valence-electron chi connectivity index (χ1n) is 3.48. The van der Waals surface area contributed by atoms with E-state index in [0.717, 1.165) is 10.2 Å². The summed E-state index contributed by atoms with van der Waals surface area (Å²) in [5.74, 6) is 0. The number of nitrogens with zero attached hydrogens (tertiary/aromatic N) is 2. The van der Waals surface area contributed by atoms with Crippen molar-refractivity contribution in [1.82, 2.24) is 4.98 Å². The average molecular weight is 226 g/mol. The first-order valence-corrected chi connectivity index (χ1v) is 4.27. The summed E-state index contributed by atoms with van der Waals surface area (Å²) >= 11 is 3.23. The Labute approximate surface area is 79.3 Å². The van der Waals surface area contributed by atoms with Crippen LogP contribution in [0.2, 0.25) is 0 Å². The molecular weight excluding hydrogens is 218 g/mol. The molecule has 0 saturated carbocycles. The Balaban J connectivity index is 2.82. The molecule has 3 nitrogen and oxygen atoms in total. The summed E-state index contributed by atoms with van der Waals surface area (Å²) in [7, 11) is 0. The predicted molar refractivity (Wildman–Crippen MR) is 49.1 cm³/mol. The second-order valence-corrected chi connectivity index (χ2v) is 3.19. The lowest BCUT2D eigenvalue weighted by Gasteiger charge is -2.06. The summed E-state index contributed by atoms with van der Waals surface area (Å²) in [6.07, 6.45) is 1.99. The van der Waals surface area contributed by atoms with Crippen LogP contribution in [-0.4, -0.2) is 4.98 Å². The van der Waals surface area contributed by atoms with Gasteiger partial charge in [-0.25, -0.2) is 4.98 Å². The number of rotatable bonds is 2. The van der Waals surface area contributed by atoms with Crippen LogP contribution in [0.3, 0.4) is 0 Å². The summed E-state index contributed by atoms with van der Waals surface area (Å²) < 4.78 is 0.744. The van der Waals surface area contributed by atoms with Crippen LogP contribution in [0.25, 0.3) is 0 Å². The second kappa shape index (κ2) is 4.19. The van der Waals surface area contributed by atoms with Crippen LogP contribution in [-0.2, 0) is 0 Å². The number of halogens is 1. The molecule has 0 aliphatic carbocycles. The van der Waals surface area contributed by atoms with Gasteiger partial charge in [0, 0.05) is 12.2 Å². The highest BCUT2D eigenvalue weighted by atomic mass is 79.9. The van der Waals surface area contributed by atoms with Gasteiger partial charge in [-0.3, -0.25) is 0 Å². The van der Waals surface area contributed by atoms with Crippen LogP contribution in [0.5, 0.6) is 0 Å². The molecule has 12 heavy (non-hydrogen) atoms. The standard InChI is InChI=1S/C8H8BrN3/c9-8-5-6(2-4-12-8)7(11)1-3-10/h2,4-5,7H,1,11H2/t7-/m0/s1. The van der Waals surface area contributed by atoms with Gasteiger partial charge < -0.3 is 5.73 Å². The first kappa shape index (κ1) is 9.17. The quantitative estimate of drug-likeness (QED) is 0.781. The molecule has 1 heterocycles. The molecule has 0 fully saturated rings. The van der Waals surface area contributed by atoms with Crippen molar-refractivity contribution < 1.29 is 0 Å². The molecular formula is C8H8BrN3. The van der Waals surface area contributed by atoms with Crippen molar-refractivity contribution >= 4 is 15.9 Å². The Morgan fingerprint density at radius 3 is 3.08 bits per heavy atom. The van der Waals surface area contributed by atoms with Crippen molar-refractivity contribution in [1.29, 1.82) is 5.26 Å². The van der Waals surface area contributed by atoms with Gasteiger partial charge >= 0.3 is 0 Å². The smallest absolute Gasteiger partial charge is 0.106 e. The second-order valence-electron chi connectivity index (χ2n) is 2.38. The van der Waals surface area contributed by atoms with E-state index in [4.69, 9.17) is 11.0 Å². The number of hydrogen-bond acceptors (Lipinski definition) is 3. The van der Waals surface area contributed by atoms with Crippen molar-refractivity contribution in [2.24, 2.45) is 5.73 Å². The number of hydrogen-bond donors (Lipinski definition) is 1. The van der Waals surface area contributed by atoms with Gasteiger partial charge in [-0.15, -0.1) is 0 Å². The van der Waals surface area contributed by atoms with E-state index in [1.54, 1.807) is 6.20 Å². The normalized spacial score (nSPS) is 12.1. The van der Waals surface area contributed by atoms with E-state index in [1.807, 2.05) is 18.2 Å². The average Bonchev–Trinajstić information content (AvgIpc) is 2.05. The van der Waals surface area contributed by atoms with Gasteiger partial charge in [-0.05, 0) is 33.6 Å². The minimum Gasteiger partial charge on any atom is -0.323 e. The van der Waals surface area contributed by atoms with Gasteiger partial charge in [0.25, 0.3) is 0 Å². The fourth-order valence-corrected chi connectivity index (χ4v) is 1.25. The fourth-order valence-electron chi connectivity index (χ4n) is 0.864. The van der Waals surface area contributed by atoms with E-state index in [-0.39, 0.29) is 6.04 Å². The topological polar surface area (TPSA) is 62.7 Å². The van der Waals surface area contributed by atoms with Crippen molar-refractivity contribution in [3.05, 3.63) is 28.5 Å². The van der Waals surface area contributed by atoms with E-state index < -0.39 is 0 Å². The summed E-state index contributed by atoms with van der Waals surface area (Å²) in [5, 5.41) is 8.41. The predicted octanol–water partition coefficient (Wildman–Crippen LogP) is 1.76. The molecule has 1 rings (SSSR count). The largest absolute Gasteiger partial charge is 0.323 e. The van der Waals surface area contributed by atoms with Gasteiger partial charge in [-0.1, -0.05) is 0 Å². The van der Waals surface area contributed by atoms with E-state index >= 15 is 0 Å². The number of nitriles is 1. The lowest BCUT2D eigenvalue weighted by Crippen LogP contribution is -2.09. The highest BCUT2D eigenvalue weighted by Gasteiger charge is 2.04. The zero-order chi connectivity index (χ0) is 8.97. The number of nitrogens with two attached hydrogens (primary N) is 1. The molecule has 1 atom stereocenters. The lowest BCUT2D eigenvalue weighted by atomic mass is 10.1. The Hall–Kier alpha value is -0.920. The van der Waals surface area contributed by atoms with E-state index in [9.17, 15) is 0 Å². The molecule has 0 saturated heterocycles. The highest BCUT2D eigenvalue weighted by Crippen LogP contribution is 2.15. The van der Waals surface area contributed by atoms with E-state index in [1.165, 1.54) is 0 Å². The molecule has 0 unspecified atom stereocenters. The Bertz CT molecular complexity index is 305. The molecule has 0 amide bonds. The maximum absolute atomic E-state index is 8.41. The third-order valence-electron chi connectivity index (χ3n) is 1.49. The van der Waals surface area contributed by atoms with Crippen molar-refractivity contribution in [3.63, 3.8) is 0 Å². The minimum absolute atomic E-state index is 0.214. The van der Waals surface area contributed by atoms with Crippen LogP contribution < -0.4 is 5.73 Å². The third kappa shape index (κ3) is 2.29. The molecule has 1 aromatic rings. The molecule has 0 bridgehead atoms.